The van der Waals surface area contributed by atoms with Crippen molar-refractivity contribution in [1.29, 1.82) is 0 Å². The molecule has 2 aliphatic carbocycles. The van der Waals surface area contributed by atoms with Gasteiger partial charge in [-0.1, -0.05) is 0 Å². The zero-order valence-electron chi connectivity index (χ0n) is 7.83. The fourth-order valence-electron chi connectivity index (χ4n) is 3.06. The van der Waals surface area contributed by atoms with Crippen LogP contribution in [0.5, 0.6) is 11.5 Å². The van der Waals surface area contributed by atoms with Crippen molar-refractivity contribution in [2.45, 2.75) is 31.1 Å². The van der Waals surface area contributed by atoms with Gasteiger partial charge in [0.2, 0.25) is 0 Å². The Bertz CT molecular complexity index is 414. The fourth-order valence-corrected chi connectivity index (χ4v) is 3.06. The van der Waals surface area contributed by atoms with E-state index in [1.165, 1.54) is 6.07 Å². The van der Waals surface area contributed by atoms with Crippen LogP contribution in [0.1, 0.15) is 42.2 Å². The van der Waals surface area contributed by atoms with Crippen molar-refractivity contribution in [3.05, 3.63) is 17.2 Å². The second kappa shape index (κ2) is 2.35. The van der Waals surface area contributed by atoms with Crippen LogP contribution in [0.3, 0.4) is 0 Å². The topological polar surface area (TPSA) is 66.5 Å². The lowest BCUT2D eigenvalue weighted by molar-refractivity contribution is 0.445. The van der Waals surface area contributed by atoms with Crippen molar-refractivity contribution < 1.29 is 10.2 Å². The minimum absolute atomic E-state index is 0.199. The molecule has 0 spiro atoms. The lowest BCUT2D eigenvalue weighted by Gasteiger charge is -2.18. The van der Waals surface area contributed by atoms with E-state index >= 15 is 0 Å². The number of phenolic OH excluding ortho intramolecular Hbond substituents is 2. The van der Waals surface area contributed by atoms with Gasteiger partial charge in [-0.05, 0) is 31.1 Å². The van der Waals surface area contributed by atoms with Gasteiger partial charge in [0.15, 0.2) is 0 Å². The van der Waals surface area contributed by atoms with Crippen LogP contribution in [0.2, 0.25) is 0 Å². The van der Waals surface area contributed by atoms with Gasteiger partial charge in [-0.2, -0.15) is 0 Å². The molecule has 1 fully saturated rings. The smallest absolute Gasteiger partial charge is 0.142 e. The largest absolute Gasteiger partial charge is 0.508 e. The number of nitrogens with two attached hydrogens (primary N) is 1. The minimum Gasteiger partial charge on any atom is -0.508 e. The van der Waals surface area contributed by atoms with Crippen molar-refractivity contribution in [2.24, 2.45) is 0 Å². The molecular formula is C11H13NO2. The minimum atomic E-state index is 0.199. The summed E-state index contributed by atoms with van der Waals surface area (Å²) in [7, 11) is 0. The standard InChI is InChI=1S/C11H13NO2/c12-7-4-8(13)9-5-1-2-6(3-5)10(9)11(7)14/h4-6,13-14H,1-3,12H2. The van der Waals surface area contributed by atoms with Crippen molar-refractivity contribution in [1.82, 2.24) is 0 Å². The number of rotatable bonds is 0. The van der Waals surface area contributed by atoms with E-state index in [0.29, 0.717) is 17.5 Å². The number of hydrogen-bond acceptors (Lipinski definition) is 3. The van der Waals surface area contributed by atoms with Crippen LogP contribution in [0.15, 0.2) is 6.07 Å². The van der Waals surface area contributed by atoms with E-state index in [9.17, 15) is 10.2 Å². The molecule has 2 unspecified atom stereocenters. The van der Waals surface area contributed by atoms with Crippen molar-refractivity contribution in [3.8, 4) is 11.5 Å². The van der Waals surface area contributed by atoms with Gasteiger partial charge < -0.3 is 15.9 Å². The molecule has 74 valence electrons. The van der Waals surface area contributed by atoms with E-state index in [1.807, 2.05) is 0 Å². The average Bonchev–Trinajstić information content (AvgIpc) is 2.73. The molecule has 3 heteroatoms. The molecule has 0 aromatic heterocycles. The van der Waals surface area contributed by atoms with E-state index < -0.39 is 0 Å². The Morgan fingerprint density at radius 3 is 2.50 bits per heavy atom. The predicted octanol–water partition coefficient (Wildman–Crippen LogP) is 2.04. The van der Waals surface area contributed by atoms with Crippen molar-refractivity contribution in [2.75, 3.05) is 5.73 Å². The molecule has 1 aromatic carbocycles. The first-order valence-corrected chi connectivity index (χ1v) is 5.02. The summed E-state index contributed by atoms with van der Waals surface area (Å²) in [5.74, 6) is 1.33. The molecule has 0 radical (unpaired) electrons. The van der Waals surface area contributed by atoms with Crippen molar-refractivity contribution in [3.63, 3.8) is 0 Å². The molecule has 1 aromatic rings. The maximum absolute atomic E-state index is 9.83. The lowest BCUT2D eigenvalue weighted by atomic mass is 9.90. The van der Waals surface area contributed by atoms with Crippen LogP contribution >= 0.6 is 0 Å². The van der Waals surface area contributed by atoms with E-state index in [4.69, 9.17) is 5.73 Å². The lowest BCUT2D eigenvalue weighted by Crippen LogP contribution is -2.01. The molecular weight excluding hydrogens is 178 g/mol. The highest BCUT2D eigenvalue weighted by Gasteiger charge is 2.41. The normalized spacial score (nSPS) is 28.0. The van der Waals surface area contributed by atoms with E-state index in [1.54, 1.807) is 0 Å². The molecule has 14 heavy (non-hydrogen) atoms. The third kappa shape index (κ3) is 0.775. The summed E-state index contributed by atoms with van der Waals surface area (Å²) in [6.45, 7) is 0. The van der Waals surface area contributed by atoms with Crippen LogP contribution in [-0.4, -0.2) is 10.2 Å². The monoisotopic (exact) mass is 191 g/mol. The molecule has 4 N–H and O–H groups in total. The Labute approximate surface area is 82.2 Å². The Balaban J connectivity index is 2.32. The zero-order valence-corrected chi connectivity index (χ0v) is 7.83. The quantitative estimate of drug-likeness (QED) is 0.334. The summed E-state index contributed by atoms with van der Waals surface area (Å²) < 4.78 is 0. The second-order valence-corrected chi connectivity index (χ2v) is 4.37. The maximum atomic E-state index is 9.83. The Morgan fingerprint density at radius 1 is 1.14 bits per heavy atom. The van der Waals surface area contributed by atoms with Gasteiger partial charge in [0.1, 0.15) is 11.5 Å². The number of benzene rings is 1. The Hall–Kier alpha value is -1.38. The molecule has 0 heterocycles. The van der Waals surface area contributed by atoms with E-state index in [-0.39, 0.29) is 11.5 Å². The first-order valence-electron chi connectivity index (χ1n) is 5.02. The van der Waals surface area contributed by atoms with Crippen molar-refractivity contribution >= 4 is 5.69 Å². The molecule has 2 atom stereocenters. The van der Waals surface area contributed by atoms with Gasteiger partial charge in [0.25, 0.3) is 0 Å². The molecule has 0 saturated heterocycles. The SMILES string of the molecule is Nc1cc(O)c2c(c1O)C1CCC2C1. The third-order valence-corrected chi connectivity index (χ3v) is 3.64. The molecule has 3 rings (SSSR count). The summed E-state index contributed by atoms with van der Waals surface area (Å²) in [4.78, 5) is 0. The fraction of sp³-hybridized carbons (Fsp3) is 0.455. The molecule has 1 saturated carbocycles. The number of anilines is 1. The summed E-state index contributed by atoms with van der Waals surface area (Å²) in [5.41, 5.74) is 7.78. The van der Waals surface area contributed by atoms with Crippen LogP contribution in [0.4, 0.5) is 5.69 Å². The Morgan fingerprint density at radius 2 is 1.79 bits per heavy atom. The second-order valence-electron chi connectivity index (χ2n) is 4.37. The molecule has 2 aliphatic rings. The van der Waals surface area contributed by atoms with E-state index in [0.717, 1.165) is 30.4 Å². The number of phenols is 2. The van der Waals surface area contributed by atoms with Gasteiger partial charge in [0, 0.05) is 17.2 Å². The number of fused-ring (bicyclic) bond motifs is 5. The van der Waals surface area contributed by atoms with Crippen LogP contribution in [-0.2, 0) is 0 Å². The van der Waals surface area contributed by atoms with Gasteiger partial charge in [0.05, 0.1) is 5.69 Å². The maximum Gasteiger partial charge on any atom is 0.142 e. The number of aromatic hydroxyl groups is 2. The highest BCUT2D eigenvalue weighted by Crippen LogP contribution is 2.59. The van der Waals surface area contributed by atoms with Crippen LogP contribution < -0.4 is 5.73 Å². The first-order chi connectivity index (χ1) is 6.68. The van der Waals surface area contributed by atoms with E-state index in [2.05, 4.69) is 0 Å². The summed E-state index contributed by atoms with van der Waals surface area (Å²) in [6, 6.07) is 1.47. The first kappa shape index (κ1) is 7.97. The van der Waals surface area contributed by atoms with Gasteiger partial charge in [-0.3, -0.25) is 0 Å². The Kier molecular flexibility index (Phi) is 1.34. The molecule has 0 amide bonds. The highest BCUT2D eigenvalue weighted by molar-refractivity contribution is 5.67. The number of nitrogen functional groups attached to an aromatic ring is 1. The van der Waals surface area contributed by atoms with Gasteiger partial charge in [-0.25, -0.2) is 0 Å². The average molecular weight is 191 g/mol. The predicted molar refractivity (Wildman–Crippen MR) is 53.5 cm³/mol. The molecule has 2 bridgehead atoms. The third-order valence-electron chi connectivity index (χ3n) is 3.64. The van der Waals surface area contributed by atoms with Crippen LogP contribution in [0, 0.1) is 0 Å². The number of hydrogen-bond donors (Lipinski definition) is 3. The van der Waals surface area contributed by atoms with Gasteiger partial charge in [-0.15, -0.1) is 0 Å². The zero-order chi connectivity index (χ0) is 9.87. The highest BCUT2D eigenvalue weighted by atomic mass is 16.3. The van der Waals surface area contributed by atoms with Gasteiger partial charge >= 0.3 is 0 Å². The van der Waals surface area contributed by atoms with Crippen LogP contribution in [0.25, 0.3) is 0 Å². The summed E-state index contributed by atoms with van der Waals surface area (Å²) >= 11 is 0. The summed E-state index contributed by atoms with van der Waals surface area (Å²) in [6.07, 6.45) is 3.32. The summed E-state index contributed by atoms with van der Waals surface area (Å²) in [5, 5.41) is 19.6. The molecule has 0 aliphatic heterocycles. The molecule has 3 nitrogen and oxygen atoms in total.